The molecule has 5 nitrogen and oxygen atoms in total. The number of methoxy groups -OCH3 is 1. The lowest BCUT2D eigenvalue weighted by atomic mass is 10.1. The largest absolute Gasteiger partial charge is 0.497 e. The molecule has 0 spiro atoms. The highest BCUT2D eigenvalue weighted by atomic mass is 32.1. The first-order valence-corrected chi connectivity index (χ1v) is 10.3. The van der Waals surface area contributed by atoms with Crippen LogP contribution in [0.15, 0.2) is 63.1 Å². The molecule has 4 rings (SSSR count). The first kappa shape index (κ1) is 19.9. The zero-order valence-electron chi connectivity index (χ0n) is 16.9. The van der Waals surface area contributed by atoms with Crippen molar-refractivity contribution in [1.82, 2.24) is 0 Å². The Morgan fingerprint density at radius 3 is 2.53 bits per heavy atom. The molecule has 0 aliphatic rings. The smallest absolute Gasteiger partial charge is 0.235 e. The summed E-state index contributed by atoms with van der Waals surface area (Å²) in [5, 5.41) is 2.26. The van der Waals surface area contributed by atoms with Crippen LogP contribution in [0.25, 0.3) is 22.3 Å². The lowest BCUT2D eigenvalue weighted by molar-refractivity contribution is 0.0924. The molecule has 4 aromatic rings. The molecule has 2 heterocycles. The van der Waals surface area contributed by atoms with Crippen molar-refractivity contribution in [3.63, 3.8) is 0 Å². The molecular weight excluding hydrogens is 400 g/mol. The number of carbonyl (C=O) groups is 1. The summed E-state index contributed by atoms with van der Waals surface area (Å²) in [5.74, 6) is 0.818. The van der Waals surface area contributed by atoms with Gasteiger partial charge in [-0.2, -0.15) is 0 Å². The third-order valence-electron chi connectivity index (χ3n) is 4.78. The fraction of sp³-hybridized carbons (Fsp3) is 0.167. The minimum Gasteiger partial charge on any atom is -0.497 e. The minimum absolute atomic E-state index is 0.0302. The molecule has 0 amide bonds. The first-order chi connectivity index (χ1) is 14.5. The standard InChI is InChI=1S/C24H20O5S/c1-14-11-15(2)22-18(12-14)21(26)24(28-13-19(25)20-5-4-10-30-20)23(29-22)16-6-8-17(27-3)9-7-16/h4-12H,13H2,1-3H3. The zero-order chi connectivity index (χ0) is 21.3. The van der Waals surface area contributed by atoms with Crippen molar-refractivity contribution in [2.24, 2.45) is 0 Å². The van der Waals surface area contributed by atoms with Gasteiger partial charge in [0.05, 0.1) is 17.4 Å². The Balaban J connectivity index is 1.85. The van der Waals surface area contributed by atoms with Crippen LogP contribution in [-0.2, 0) is 0 Å². The summed E-state index contributed by atoms with van der Waals surface area (Å²) in [6.07, 6.45) is 0. The maximum atomic E-state index is 13.3. The van der Waals surface area contributed by atoms with Gasteiger partial charge in [0.1, 0.15) is 11.3 Å². The molecule has 0 aliphatic carbocycles. The number of hydrogen-bond acceptors (Lipinski definition) is 6. The Kier molecular flexibility index (Phi) is 5.42. The van der Waals surface area contributed by atoms with E-state index in [1.807, 2.05) is 25.3 Å². The van der Waals surface area contributed by atoms with Gasteiger partial charge in [-0.3, -0.25) is 9.59 Å². The molecule has 0 unspecified atom stereocenters. The van der Waals surface area contributed by atoms with Gasteiger partial charge < -0.3 is 13.9 Å². The summed E-state index contributed by atoms with van der Waals surface area (Å²) in [5.41, 5.74) is 2.68. The van der Waals surface area contributed by atoms with Crippen molar-refractivity contribution in [2.75, 3.05) is 13.7 Å². The molecule has 0 fully saturated rings. The lowest BCUT2D eigenvalue weighted by Crippen LogP contribution is -2.16. The summed E-state index contributed by atoms with van der Waals surface area (Å²) in [6, 6.07) is 14.4. The van der Waals surface area contributed by atoms with Gasteiger partial charge in [-0.1, -0.05) is 12.1 Å². The van der Waals surface area contributed by atoms with Crippen molar-refractivity contribution in [3.05, 3.63) is 80.1 Å². The number of Topliss-reactive ketones (excluding diaryl/α,β-unsaturated/α-hetero) is 1. The third kappa shape index (κ3) is 3.74. The molecule has 2 aromatic heterocycles. The van der Waals surface area contributed by atoms with Crippen LogP contribution in [0.1, 0.15) is 20.8 Å². The molecule has 0 N–H and O–H groups in total. The highest BCUT2D eigenvalue weighted by Gasteiger charge is 2.20. The van der Waals surface area contributed by atoms with E-state index in [0.717, 1.165) is 11.1 Å². The van der Waals surface area contributed by atoms with Crippen LogP contribution in [0, 0.1) is 13.8 Å². The number of benzene rings is 2. The quantitative estimate of drug-likeness (QED) is 0.390. The Bertz CT molecular complexity index is 1270. The van der Waals surface area contributed by atoms with E-state index >= 15 is 0 Å². The third-order valence-corrected chi connectivity index (χ3v) is 5.69. The number of hydrogen-bond donors (Lipinski definition) is 0. The zero-order valence-corrected chi connectivity index (χ0v) is 17.7. The van der Waals surface area contributed by atoms with Gasteiger partial charge in [0.2, 0.25) is 17.0 Å². The predicted molar refractivity (Wildman–Crippen MR) is 118 cm³/mol. The molecule has 0 saturated heterocycles. The normalized spacial score (nSPS) is 10.9. The monoisotopic (exact) mass is 420 g/mol. The molecule has 0 bridgehead atoms. The Hall–Kier alpha value is -3.38. The fourth-order valence-electron chi connectivity index (χ4n) is 3.34. The second-order valence-electron chi connectivity index (χ2n) is 6.97. The van der Waals surface area contributed by atoms with Gasteiger partial charge >= 0.3 is 0 Å². The lowest BCUT2D eigenvalue weighted by Gasteiger charge is -2.13. The second kappa shape index (κ2) is 8.16. The summed E-state index contributed by atoms with van der Waals surface area (Å²) >= 11 is 1.34. The van der Waals surface area contributed by atoms with Gasteiger partial charge in [0.15, 0.2) is 12.4 Å². The average Bonchev–Trinajstić information content (AvgIpc) is 3.28. The number of carbonyl (C=O) groups excluding carboxylic acids is 1. The number of rotatable bonds is 6. The Labute approximate surface area is 177 Å². The molecule has 0 radical (unpaired) electrons. The highest BCUT2D eigenvalue weighted by Crippen LogP contribution is 2.33. The molecule has 152 valence electrons. The van der Waals surface area contributed by atoms with Crippen LogP contribution in [0.3, 0.4) is 0 Å². The predicted octanol–water partition coefficient (Wildman–Crippen LogP) is 5.41. The van der Waals surface area contributed by atoms with Crippen molar-refractivity contribution in [2.45, 2.75) is 13.8 Å². The number of ketones is 1. The van der Waals surface area contributed by atoms with Crippen molar-refractivity contribution in [1.29, 1.82) is 0 Å². The molecular formula is C24H20O5S. The number of thiophene rings is 1. The molecule has 0 atom stereocenters. The SMILES string of the molecule is COc1ccc(-c2oc3c(C)cc(C)cc3c(=O)c2OCC(=O)c2cccs2)cc1. The van der Waals surface area contributed by atoms with E-state index < -0.39 is 0 Å². The number of aryl methyl sites for hydroxylation is 2. The van der Waals surface area contributed by atoms with E-state index in [0.29, 0.717) is 32.9 Å². The van der Waals surface area contributed by atoms with Crippen molar-refractivity contribution in [3.8, 4) is 22.8 Å². The molecule has 30 heavy (non-hydrogen) atoms. The van der Waals surface area contributed by atoms with Gasteiger partial charge in [-0.05, 0) is 66.8 Å². The highest BCUT2D eigenvalue weighted by molar-refractivity contribution is 7.12. The van der Waals surface area contributed by atoms with E-state index in [1.165, 1.54) is 11.3 Å². The van der Waals surface area contributed by atoms with E-state index in [1.54, 1.807) is 49.6 Å². The van der Waals surface area contributed by atoms with Crippen LogP contribution in [0.5, 0.6) is 11.5 Å². The Morgan fingerprint density at radius 1 is 1.10 bits per heavy atom. The van der Waals surface area contributed by atoms with Crippen LogP contribution in [-0.4, -0.2) is 19.5 Å². The molecule has 6 heteroatoms. The summed E-state index contributed by atoms with van der Waals surface area (Å²) < 4.78 is 17.2. The van der Waals surface area contributed by atoms with Gasteiger partial charge in [-0.25, -0.2) is 0 Å². The fourth-order valence-corrected chi connectivity index (χ4v) is 3.99. The molecule has 0 aliphatic heterocycles. The average molecular weight is 420 g/mol. The summed E-state index contributed by atoms with van der Waals surface area (Å²) in [6.45, 7) is 3.58. The summed E-state index contributed by atoms with van der Waals surface area (Å²) in [7, 11) is 1.58. The van der Waals surface area contributed by atoms with Crippen LogP contribution < -0.4 is 14.9 Å². The van der Waals surface area contributed by atoms with E-state index in [9.17, 15) is 9.59 Å². The van der Waals surface area contributed by atoms with Gasteiger partial charge in [-0.15, -0.1) is 11.3 Å². The topological polar surface area (TPSA) is 65.7 Å². The van der Waals surface area contributed by atoms with Crippen LogP contribution in [0.2, 0.25) is 0 Å². The number of ether oxygens (including phenoxy) is 2. The van der Waals surface area contributed by atoms with E-state index in [-0.39, 0.29) is 23.6 Å². The maximum Gasteiger partial charge on any atom is 0.235 e. The van der Waals surface area contributed by atoms with Crippen LogP contribution >= 0.6 is 11.3 Å². The minimum atomic E-state index is -0.298. The van der Waals surface area contributed by atoms with Crippen LogP contribution in [0.4, 0.5) is 0 Å². The van der Waals surface area contributed by atoms with Gasteiger partial charge in [0, 0.05) is 5.56 Å². The maximum absolute atomic E-state index is 13.3. The van der Waals surface area contributed by atoms with Crippen molar-refractivity contribution >= 4 is 28.1 Å². The van der Waals surface area contributed by atoms with E-state index in [2.05, 4.69) is 0 Å². The second-order valence-corrected chi connectivity index (χ2v) is 7.91. The molecule has 2 aromatic carbocycles. The number of fused-ring (bicyclic) bond motifs is 1. The first-order valence-electron chi connectivity index (χ1n) is 9.40. The summed E-state index contributed by atoms with van der Waals surface area (Å²) in [4.78, 5) is 26.3. The van der Waals surface area contributed by atoms with Gasteiger partial charge in [0.25, 0.3) is 0 Å². The Morgan fingerprint density at radius 2 is 1.87 bits per heavy atom. The van der Waals surface area contributed by atoms with Crippen molar-refractivity contribution < 1.29 is 18.7 Å². The van der Waals surface area contributed by atoms with E-state index in [4.69, 9.17) is 13.9 Å². The molecule has 0 saturated carbocycles.